The number of piperazine rings is 3. The molecule has 30 heteroatoms. The third-order valence-corrected chi connectivity index (χ3v) is 18.2. The maximum Gasteiger partial charge on any atom is 1.00 e. The Balaban J connectivity index is 0.000000220. The van der Waals surface area contributed by atoms with Gasteiger partial charge in [-0.1, -0.05) is 54.9 Å². The number of nitrogens with one attached hydrogen (secondary N) is 2. The molecule has 3 aromatic carbocycles. The number of primary amides is 2. The van der Waals surface area contributed by atoms with E-state index in [-0.39, 0.29) is 74.4 Å². The number of hydrogen-bond acceptors (Lipinski definition) is 22. The van der Waals surface area contributed by atoms with Crippen LogP contribution in [0.5, 0.6) is 0 Å². The molecule has 29 nitrogen and oxygen atoms in total. The smallest absolute Gasteiger partial charge is 0.850 e. The molecular formula is C77H106KN21O8. The van der Waals surface area contributed by atoms with Crippen LogP contribution in [0.1, 0.15) is 147 Å². The number of aromatic amines is 1. The molecule has 0 unspecified atom stereocenters. The van der Waals surface area contributed by atoms with E-state index >= 15 is 0 Å². The van der Waals surface area contributed by atoms with Gasteiger partial charge in [0.2, 0.25) is 0 Å². The van der Waals surface area contributed by atoms with Crippen LogP contribution in [-0.4, -0.2) is 206 Å². The van der Waals surface area contributed by atoms with Gasteiger partial charge in [-0.3, -0.25) is 48.8 Å². The fourth-order valence-corrected chi connectivity index (χ4v) is 12.9. The van der Waals surface area contributed by atoms with E-state index in [9.17, 15) is 24.3 Å². The van der Waals surface area contributed by atoms with Crippen LogP contribution in [0.3, 0.4) is 0 Å². The van der Waals surface area contributed by atoms with Crippen molar-refractivity contribution >= 4 is 79.8 Å². The molecule has 9 N–H and O–H groups in total. The zero-order chi connectivity index (χ0) is 77.9. The van der Waals surface area contributed by atoms with Crippen molar-refractivity contribution in [2.45, 2.75) is 147 Å². The molecule has 10 aromatic rings. The molecule has 10 heterocycles. The number of benzene rings is 3. The number of rotatable bonds is 13. The number of aliphatic hydroxyl groups excluding tert-OH is 1. The summed E-state index contributed by atoms with van der Waals surface area (Å²) in [5.41, 5.74) is 30.1. The Kier molecular flexibility index (Phi) is 32.8. The first kappa shape index (κ1) is 87.0. The van der Waals surface area contributed by atoms with Gasteiger partial charge in [-0.2, -0.15) is 24.9 Å². The van der Waals surface area contributed by atoms with E-state index in [1.807, 2.05) is 94.8 Å². The quantitative estimate of drug-likeness (QED) is 0.0678. The predicted molar refractivity (Wildman–Crippen MR) is 415 cm³/mol. The van der Waals surface area contributed by atoms with Gasteiger partial charge in [-0.15, -0.1) is 5.60 Å². The minimum Gasteiger partial charge on any atom is -0.850 e. The molecule has 107 heavy (non-hydrogen) atoms. The number of aromatic nitrogens is 11. The van der Waals surface area contributed by atoms with Crippen molar-refractivity contribution < 1.29 is 85.6 Å². The van der Waals surface area contributed by atoms with Gasteiger partial charge in [-0.05, 0) is 161 Å². The van der Waals surface area contributed by atoms with Gasteiger partial charge in [0.1, 0.15) is 5.69 Å². The third-order valence-electron chi connectivity index (χ3n) is 18.2. The number of anilines is 5. The van der Waals surface area contributed by atoms with Gasteiger partial charge in [0.05, 0.1) is 103 Å². The number of carbonyl (C=O) groups is 3. The van der Waals surface area contributed by atoms with Gasteiger partial charge in [-0.25, -0.2) is 18.5 Å². The number of hydrogen-bond donors (Lipinski definition) is 6. The molecule has 3 amide bonds. The van der Waals surface area contributed by atoms with Crippen molar-refractivity contribution in [1.82, 2.24) is 68.5 Å². The first-order chi connectivity index (χ1) is 50.3. The summed E-state index contributed by atoms with van der Waals surface area (Å²) in [5, 5.41) is 34.6. The van der Waals surface area contributed by atoms with Crippen LogP contribution in [0.2, 0.25) is 0 Å². The van der Waals surface area contributed by atoms with Crippen molar-refractivity contribution in [2.24, 2.45) is 11.5 Å². The second-order valence-corrected chi connectivity index (χ2v) is 27.7. The summed E-state index contributed by atoms with van der Waals surface area (Å²) in [4.78, 5) is 101. The average Bonchev–Trinajstić information content (AvgIpc) is 1.67. The minimum absolute atomic E-state index is 0. The molecule has 13 rings (SSSR count). The Bertz CT molecular complexity index is 4730. The molecule has 0 saturated carbocycles. The number of H-pyrrole nitrogens is 1. The van der Waals surface area contributed by atoms with Gasteiger partial charge < -0.3 is 52.4 Å². The summed E-state index contributed by atoms with van der Waals surface area (Å²) in [5.74, 6) is -1.01. The number of aryl methyl sites for hydroxylation is 6. The molecule has 3 saturated heterocycles. The molecule has 0 bridgehead atoms. The molecule has 7 aromatic heterocycles. The van der Waals surface area contributed by atoms with Gasteiger partial charge in [0, 0.05) is 106 Å². The number of fused-ring (bicyclic) bond motifs is 4. The van der Waals surface area contributed by atoms with Crippen molar-refractivity contribution in [3.8, 4) is 11.5 Å². The predicted octanol–water partition coefficient (Wildman–Crippen LogP) is 4.60. The van der Waals surface area contributed by atoms with Crippen LogP contribution in [0.15, 0.2) is 102 Å². The number of amides is 3. The summed E-state index contributed by atoms with van der Waals surface area (Å²) in [6, 6.07) is 23.6. The van der Waals surface area contributed by atoms with Crippen molar-refractivity contribution in [3.05, 3.63) is 159 Å². The van der Waals surface area contributed by atoms with E-state index < -0.39 is 23.3 Å². The first-order valence-electron chi connectivity index (χ1n) is 36.0. The fraction of sp³-hybridized carbons (Fsp3) is 0.455. The molecular weight excluding hydrogens is 1390 g/mol. The van der Waals surface area contributed by atoms with Crippen LogP contribution < -0.4 is 99.3 Å². The molecule has 3 atom stereocenters. The van der Waals surface area contributed by atoms with E-state index in [0.717, 1.165) is 159 Å². The number of unbranched alkanes of at least 4 members (excludes halogenated alkanes) is 1. The Hall–Kier alpha value is -8.91. The van der Waals surface area contributed by atoms with Gasteiger partial charge in [0.25, 0.3) is 23.3 Å². The summed E-state index contributed by atoms with van der Waals surface area (Å²) in [6.45, 7) is 44.0. The van der Waals surface area contributed by atoms with E-state index in [1.54, 1.807) is 72.5 Å². The van der Waals surface area contributed by atoms with Crippen LogP contribution in [0, 0.1) is 41.5 Å². The monoisotopic (exact) mass is 1490 g/mol. The van der Waals surface area contributed by atoms with E-state index in [1.165, 1.54) is 0 Å². The van der Waals surface area contributed by atoms with Crippen molar-refractivity contribution in [1.29, 1.82) is 0 Å². The zero-order valence-electron chi connectivity index (χ0n) is 65.3. The van der Waals surface area contributed by atoms with E-state index in [2.05, 4.69) is 124 Å². The largest absolute Gasteiger partial charge is 1.00 e. The topological polar surface area (TPSA) is 374 Å². The summed E-state index contributed by atoms with van der Waals surface area (Å²) in [7, 11) is 0. The van der Waals surface area contributed by atoms with Crippen LogP contribution in [0.4, 0.5) is 28.4 Å². The molecule has 0 radical (unpaired) electrons. The number of likely N-dealkylation sites (N-methyl/N-ethyl adjacent to an activating group) is 3. The Morgan fingerprint density at radius 2 is 1.05 bits per heavy atom. The average molecular weight is 1490 g/mol. The molecule has 0 spiro atoms. The summed E-state index contributed by atoms with van der Waals surface area (Å²) in [6.07, 6.45) is 9.63. The first-order valence-corrected chi connectivity index (χ1v) is 36.0. The molecule has 568 valence electrons. The van der Waals surface area contributed by atoms with Crippen LogP contribution in [0.25, 0.3) is 39.0 Å². The van der Waals surface area contributed by atoms with E-state index in [0.29, 0.717) is 64.1 Å². The standard InChI is InChI=1S/C23H29N7O2.C23H27N7O.C14H22N4O.C8H9N3.C4H9O.C4H10O.CO2.K/c1-5-28-8-9-29(15(3)13-28)17-6-7-19(18(10-17)22(24)31)26-23(32)20-11-21-16(4)25-14(2)12-30(21)27-20;1-5-28-8-9-29(15(3)13-28)17-6-7-19-18(10-17)23(31)26-22(25-19)20-11-21-16(4)24-14(2)12-30(21)27-20;1-3-17-6-7-18(10(2)9-17)11-4-5-13(15)12(8-11)14(16)19;1-6-5-11-8(3-4-9-11)7(2)10-6;1-4(2,3)5;1-2-3-4-5;2-1-3;/h6-7,10-12,15H,5,8-9,13H2,1-4H3,(H2,24,31)(H,26,32);6-7,10-12,15H,5,8-9,13H2,1-4H3,(H,25,26,31);4-5,8,10H,3,6-7,9,15H2,1-2H3,(H2,16,19);3-5H,1-2H3;1-3H3;5H,2-4H2,1H3;;/q;;;;-1;;;+1/t2*15-;10-;;;;;/m111...../s1. The molecule has 3 aliphatic rings. The van der Waals surface area contributed by atoms with Crippen molar-refractivity contribution in [2.75, 3.05) is 111 Å². The number of carbonyl (C=O) groups excluding carboxylic acids is 5. The Morgan fingerprint density at radius 3 is 1.50 bits per heavy atom. The maximum atomic E-state index is 13.0. The minimum atomic E-state index is -0.750. The normalized spacial score (nSPS) is 16.0. The SMILES string of the molecule is CC(C)(C)[O-].CCCCO.CCN1CCN(c2ccc(N)c(C(N)=O)c2)[C@H](C)C1.CCN1CCN(c2ccc(NC(=O)c3cc4c(C)nc(C)cn4n3)c(C(N)=O)c2)[C@H](C)C1.CCN1CCN(c2ccc3nc(-c4cc5c(C)nc(C)cn5n4)[nH]c(=O)c3c2)[C@H](C)C1.Cc1cn2nccc2c(C)n1.O=C=O.[K+]. The third kappa shape index (κ3) is 24.0. The number of nitrogen functional groups attached to an aromatic ring is 1. The van der Waals surface area contributed by atoms with Crippen molar-refractivity contribution in [3.63, 3.8) is 0 Å². The number of aliphatic hydroxyl groups is 1. The second-order valence-electron chi connectivity index (χ2n) is 27.7. The van der Waals surface area contributed by atoms with E-state index in [4.69, 9.17) is 36.9 Å². The second kappa shape index (κ2) is 40.3. The maximum absolute atomic E-state index is 13.0. The summed E-state index contributed by atoms with van der Waals surface area (Å²) >= 11 is 0. The Morgan fingerprint density at radius 1 is 0.607 bits per heavy atom. The van der Waals surface area contributed by atoms with Gasteiger partial charge in [0.15, 0.2) is 11.5 Å². The fourth-order valence-electron chi connectivity index (χ4n) is 12.9. The molecule has 3 aliphatic heterocycles. The number of nitrogens with zero attached hydrogens (tertiary/aromatic N) is 16. The zero-order valence-corrected chi connectivity index (χ0v) is 68.4. The molecule has 0 aliphatic carbocycles. The van der Waals surface area contributed by atoms with Crippen LogP contribution >= 0.6 is 0 Å². The number of nitrogens with two attached hydrogens (primary N) is 3. The van der Waals surface area contributed by atoms with Crippen LogP contribution in [-0.2, 0) is 9.59 Å². The van der Waals surface area contributed by atoms with Gasteiger partial charge >= 0.3 is 57.5 Å². The molecule has 3 fully saturated rings. The Labute approximate surface area is 668 Å². The summed E-state index contributed by atoms with van der Waals surface area (Å²) < 4.78 is 5.28.